The summed E-state index contributed by atoms with van der Waals surface area (Å²) in [5.74, 6) is -1.95. The van der Waals surface area contributed by atoms with Gasteiger partial charge < -0.3 is 19.8 Å². The summed E-state index contributed by atoms with van der Waals surface area (Å²) < 4.78 is -0.871. The van der Waals surface area contributed by atoms with Gasteiger partial charge in [-0.2, -0.15) is 0 Å². The molecule has 3 unspecified atom stereocenters. The van der Waals surface area contributed by atoms with Crippen molar-refractivity contribution in [3.05, 3.63) is 140 Å². The number of aliphatic hydroxyl groups excluding tert-OH is 1. The molecule has 4 aromatic rings. The average Bonchev–Trinajstić information content (AvgIpc) is 3.74. The van der Waals surface area contributed by atoms with E-state index in [0.29, 0.717) is 25.2 Å². The minimum Gasteiger partial charge on any atom is -0.394 e. The molecule has 3 amide bonds. The zero-order valence-electron chi connectivity index (χ0n) is 28.3. The zero-order chi connectivity index (χ0) is 35.0. The van der Waals surface area contributed by atoms with Crippen LogP contribution < -0.4 is 4.90 Å². The van der Waals surface area contributed by atoms with Gasteiger partial charge in [-0.1, -0.05) is 110 Å². The lowest BCUT2D eigenvalue weighted by atomic mass is 9.65. The number of rotatable bonds is 12. The van der Waals surface area contributed by atoms with Gasteiger partial charge in [0.1, 0.15) is 6.04 Å². The molecule has 3 heterocycles. The summed E-state index contributed by atoms with van der Waals surface area (Å²) in [7, 11) is 0. The van der Waals surface area contributed by atoms with Gasteiger partial charge in [0.05, 0.1) is 29.2 Å². The highest BCUT2D eigenvalue weighted by Gasteiger charge is 2.77. The molecule has 0 saturated carbocycles. The number of thioether (sulfide) groups is 1. The molecule has 4 aromatic carbocycles. The summed E-state index contributed by atoms with van der Waals surface area (Å²) in [6.07, 6.45) is 4.14. The van der Waals surface area contributed by atoms with Crippen LogP contribution in [0.5, 0.6) is 0 Å². The van der Waals surface area contributed by atoms with E-state index in [1.807, 2.05) is 103 Å². The first-order chi connectivity index (χ1) is 24.3. The zero-order valence-corrected chi connectivity index (χ0v) is 29.1. The van der Waals surface area contributed by atoms with Crippen molar-refractivity contribution in [1.29, 1.82) is 0 Å². The van der Waals surface area contributed by atoms with Crippen LogP contribution in [0.4, 0.5) is 5.69 Å². The van der Waals surface area contributed by atoms with E-state index in [1.165, 1.54) is 0 Å². The highest BCUT2D eigenvalue weighted by atomic mass is 32.2. The number of carbonyl (C=O) groups excluding carboxylic acids is 3. The van der Waals surface area contributed by atoms with Gasteiger partial charge in [-0.15, -0.1) is 24.9 Å². The van der Waals surface area contributed by atoms with Gasteiger partial charge in [-0.25, -0.2) is 0 Å². The molecule has 3 aliphatic rings. The predicted molar refractivity (Wildman–Crippen MR) is 200 cm³/mol. The van der Waals surface area contributed by atoms with Crippen molar-refractivity contribution in [2.75, 3.05) is 24.6 Å². The van der Waals surface area contributed by atoms with E-state index >= 15 is 9.59 Å². The van der Waals surface area contributed by atoms with E-state index in [9.17, 15) is 9.90 Å². The van der Waals surface area contributed by atoms with Crippen molar-refractivity contribution in [2.45, 2.75) is 42.0 Å². The largest absolute Gasteiger partial charge is 0.394 e. The van der Waals surface area contributed by atoms with Crippen LogP contribution in [0.3, 0.4) is 0 Å². The van der Waals surface area contributed by atoms with Crippen LogP contribution in [-0.4, -0.2) is 68.4 Å². The number of aliphatic hydroxyl groups is 1. The Morgan fingerprint density at radius 3 is 2.26 bits per heavy atom. The van der Waals surface area contributed by atoms with Crippen molar-refractivity contribution in [1.82, 2.24) is 9.80 Å². The van der Waals surface area contributed by atoms with Crippen LogP contribution in [-0.2, 0) is 20.9 Å². The van der Waals surface area contributed by atoms with Crippen LogP contribution in [0.15, 0.2) is 128 Å². The van der Waals surface area contributed by atoms with Crippen LogP contribution >= 0.6 is 11.8 Å². The quantitative estimate of drug-likeness (QED) is 0.169. The summed E-state index contributed by atoms with van der Waals surface area (Å²) in [6.45, 7) is 10.6. The molecule has 50 heavy (non-hydrogen) atoms. The lowest BCUT2D eigenvalue weighted by Crippen LogP contribution is -2.58. The van der Waals surface area contributed by atoms with Gasteiger partial charge in [-0.05, 0) is 46.4 Å². The number of likely N-dealkylation sites (tertiary alicyclic amines) is 1. The Morgan fingerprint density at radius 1 is 0.920 bits per heavy atom. The van der Waals surface area contributed by atoms with Crippen molar-refractivity contribution >= 4 is 45.9 Å². The summed E-state index contributed by atoms with van der Waals surface area (Å²) in [5, 5.41) is 12.9. The van der Waals surface area contributed by atoms with Crippen LogP contribution in [0.25, 0.3) is 10.8 Å². The molecule has 7 rings (SSSR count). The fraction of sp³-hybridized carbons (Fsp3) is 0.310. The molecule has 0 radical (unpaired) electrons. The van der Waals surface area contributed by atoms with Crippen LogP contribution in [0.2, 0.25) is 0 Å². The van der Waals surface area contributed by atoms with Crippen molar-refractivity contribution in [3.8, 4) is 0 Å². The Morgan fingerprint density at radius 2 is 1.58 bits per heavy atom. The van der Waals surface area contributed by atoms with E-state index in [4.69, 9.17) is 0 Å². The number of amides is 3. The Kier molecular flexibility index (Phi) is 9.42. The summed E-state index contributed by atoms with van der Waals surface area (Å²) in [6, 6.07) is 31.5. The fourth-order valence-electron chi connectivity index (χ4n) is 8.73. The third-order valence-electron chi connectivity index (χ3n) is 10.9. The lowest BCUT2D eigenvalue weighted by molar-refractivity contribution is -0.146. The maximum Gasteiger partial charge on any atom is 0.251 e. The molecule has 3 aliphatic heterocycles. The molecular weight excluding hydrogens is 643 g/mol. The Labute approximate surface area is 298 Å². The summed E-state index contributed by atoms with van der Waals surface area (Å²) in [4.78, 5) is 50.4. The second kappa shape index (κ2) is 13.9. The van der Waals surface area contributed by atoms with Gasteiger partial charge in [-0.3, -0.25) is 14.4 Å². The minimum absolute atomic E-state index is 0.0336. The number of benzene rings is 4. The molecule has 7 nitrogen and oxygen atoms in total. The molecule has 3 saturated heterocycles. The second-order valence-corrected chi connectivity index (χ2v) is 15.2. The van der Waals surface area contributed by atoms with Crippen LogP contribution in [0.1, 0.15) is 30.5 Å². The first-order valence-electron chi connectivity index (χ1n) is 17.3. The smallest absolute Gasteiger partial charge is 0.251 e. The number of nitrogens with zero attached hydrogens (tertiary/aromatic N) is 3. The van der Waals surface area contributed by atoms with Gasteiger partial charge in [0, 0.05) is 30.6 Å². The third kappa shape index (κ3) is 5.55. The predicted octanol–water partition coefficient (Wildman–Crippen LogP) is 6.64. The fourth-order valence-corrected chi connectivity index (χ4v) is 11.1. The topological polar surface area (TPSA) is 81.2 Å². The molecule has 256 valence electrons. The Balaban J connectivity index is 1.35. The summed E-state index contributed by atoms with van der Waals surface area (Å²) in [5.41, 5.74) is 2.44. The second-order valence-electron chi connectivity index (χ2n) is 13.7. The lowest BCUT2D eigenvalue weighted by Gasteiger charge is -2.42. The van der Waals surface area contributed by atoms with Gasteiger partial charge in [0.15, 0.2) is 0 Å². The monoisotopic (exact) mass is 685 g/mol. The number of fused-ring (bicyclic) bond motifs is 2. The summed E-state index contributed by atoms with van der Waals surface area (Å²) >= 11 is 1.65. The molecule has 8 heteroatoms. The SMILES string of the molecule is C=CCN(Cc1ccccc1)C(=O)[C@@H]1[C@H]2C(=O)N([C@H](CO)c3ccccc3)C(C(=O)N(CC=C)c3ccc4ccccc4c3)C23S[C@@H]1CC3C. The highest BCUT2D eigenvalue weighted by Crippen LogP contribution is 2.69. The molecule has 0 aliphatic carbocycles. The van der Waals surface area contributed by atoms with E-state index < -0.39 is 28.7 Å². The molecule has 3 fully saturated rings. The van der Waals surface area contributed by atoms with E-state index in [0.717, 1.165) is 21.9 Å². The van der Waals surface area contributed by atoms with Crippen molar-refractivity contribution in [3.63, 3.8) is 0 Å². The Hall–Kier alpha value is -4.66. The minimum atomic E-state index is -0.923. The normalized spacial score (nSPS) is 25.7. The molecule has 7 atom stereocenters. The van der Waals surface area contributed by atoms with Gasteiger partial charge >= 0.3 is 0 Å². The van der Waals surface area contributed by atoms with Crippen molar-refractivity contribution in [2.24, 2.45) is 17.8 Å². The first-order valence-corrected chi connectivity index (χ1v) is 18.2. The van der Waals surface area contributed by atoms with E-state index in [-0.39, 0.29) is 42.0 Å². The highest BCUT2D eigenvalue weighted by molar-refractivity contribution is 8.02. The van der Waals surface area contributed by atoms with Gasteiger partial charge in [0.2, 0.25) is 11.8 Å². The number of carbonyl (C=O) groups is 3. The van der Waals surface area contributed by atoms with Crippen LogP contribution in [0, 0.1) is 17.8 Å². The van der Waals surface area contributed by atoms with Crippen molar-refractivity contribution < 1.29 is 19.5 Å². The third-order valence-corrected chi connectivity index (χ3v) is 13.0. The number of hydrogen-bond acceptors (Lipinski definition) is 5. The molecule has 1 spiro atoms. The number of hydrogen-bond donors (Lipinski definition) is 1. The van der Waals surface area contributed by atoms with E-state index in [2.05, 4.69) is 20.1 Å². The average molecular weight is 686 g/mol. The molecule has 1 N–H and O–H groups in total. The van der Waals surface area contributed by atoms with Gasteiger partial charge in [0.25, 0.3) is 5.91 Å². The number of anilines is 1. The molecular formula is C42H43N3O4S. The van der Waals surface area contributed by atoms with E-state index in [1.54, 1.807) is 38.6 Å². The molecule has 2 bridgehead atoms. The standard InChI is InChI=1S/C42H43N3O4S/c1-4-22-43(26-29-14-8-6-9-15-29)39(47)36-35-24-28(3)42(50-35)37(36)40(48)45(34(27-46)31-17-10-7-11-18-31)38(42)41(49)44(23-5-2)33-21-20-30-16-12-13-19-32(30)25-33/h4-21,25,28,34-38,46H,1-2,22-24,26-27H2,3H3/t28?,34-,35-,36+,37+,38?,42?/m1/s1. The molecule has 0 aromatic heterocycles. The Bertz CT molecular complexity index is 1920. The maximum absolute atomic E-state index is 15.4. The first kappa shape index (κ1) is 33.8. The maximum atomic E-state index is 15.4.